The molecule has 1 aromatic heterocycles. The largest absolute Gasteiger partial charge is 0.476 e. The molecule has 0 aliphatic heterocycles. The van der Waals surface area contributed by atoms with E-state index in [9.17, 15) is 4.79 Å². The van der Waals surface area contributed by atoms with Crippen LogP contribution in [0.3, 0.4) is 0 Å². The van der Waals surface area contributed by atoms with Crippen LogP contribution in [0.15, 0.2) is 18.3 Å². The van der Waals surface area contributed by atoms with Gasteiger partial charge in [0.25, 0.3) is 0 Å². The molecule has 1 heterocycles. The first kappa shape index (κ1) is 12.8. The van der Waals surface area contributed by atoms with Gasteiger partial charge in [-0.15, -0.1) is 0 Å². The maximum absolute atomic E-state index is 12.2. The van der Waals surface area contributed by atoms with Crippen LogP contribution >= 0.6 is 0 Å². The minimum Gasteiger partial charge on any atom is -0.476 e. The molecule has 1 amide bonds. The Morgan fingerprint density at radius 1 is 1.67 bits per heavy atom. The minimum absolute atomic E-state index is 0.182. The van der Waals surface area contributed by atoms with Crippen LogP contribution in [0.1, 0.15) is 26.7 Å². The molecular weight excluding hydrogens is 230 g/mol. The van der Waals surface area contributed by atoms with Crippen LogP contribution in [-0.4, -0.2) is 23.0 Å². The van der Waals surface area contributed by atoms with Gasteiger partial charge in [0, 0.05) is 6.20 Å². The molecule has 5 heteroatoms. The molecule has 1 aromatic rings. The lowest BCUT2D eigenvalue weighted by Gasteiger charge is -2.23. The number of nitrogens with one attached hydrogen (secondary N) is 1. The number of carbonyl (C=O) groups excluding carboxylic acids is 1. The van der Waals surface area contributed by atoms with Crippen molar-refractivity contribution in [3.05, 3.63) is 18.3 Å². The van der Waals surface area contributed by atoms with Crippen LogP contribution in [0.25, 0.3) is 0 Å². The van der Waals surface area contributed by atoms with E-state index in [0.717, 1.165) is 12.8 Å². The van der Waals surface area contributed by atoms with Gasteiger partial charge < -0.3 is 15.8 Å². The maximum atomic E-state index is 12.2. The summed E-state index contributed by atoms with van der Waals surface area (Å²) >= 11 is 0. The van der Waals surface area contributed by atoms with Crippen molar-refractivity contribution in [3.63, 3.8) is 0 Å². The number of aromatic nitrogens is 1. The minimum atomic E-state index is -0.820. The Kier molecular flexibility index (Phi) is 3.52. The topological polar surface area (TPSA) is 77.2 Å². The Balaban J connectivity index is 2.11. The molecule has 0 radical (unpaired) electrons. The third-order valence-corrected chi connectivity index (χ3v) is 3.22. The molecule has 1 atom stereocenters. The van der Waals surface area contributed by atoms with Crippen molar-refractivity contribution >= 4 is 11.6 Å². The van der Waals surface area contributed by atoms with E-state index in [1.165, 1.54) is 0 Å². The first-order valence-corrected chi connectivity index (χ1v) is 6.24. The van der Waals surface area contributed by atoms with Crippen LogP contribution in [-0.2, 0) is 4.79 Å². The Hall–Kier alpha value is -1.62. The van der Waals surface area contributed by atoms with Gasteiger partial charge in [-0.2, -0.15) is 0 Å². The molecule has 0 saturated heterocycles. The second-order valence-corrected chi connectivity index (χ2v) is 4.80. The molecule has 0 aromatic carbocycles. The third-order valence-electron chi connectivity index (χ3n) is 3.22. The van der Waals surface area contributed by atoms with Crippen LogP contribution in [0.2, 0.25) is 0 Å². The predicted molar refractivity (Wildman–Crippen MR) is 69.4 cm³/mol. The Bertz CT molecular complexity index is 442. The fourth-order valence-electron chi connectivity index (χ4n) is 1.86. The number of hydrogen-bond acceptors (Lipinski definition) is 4. The lowest BCUT2D eigenvalue weighted by atomic mass is 9.96. The van der Waals surface area contributed by atoms with E-state index in [2.05, 4.69) is 10.3 Å². The molecule has 0 spiro atoms. The Morgan fingerprint density at radius 3 is 3.00 bits per heavy atom. The summed E-state index contributed by atoms with van der Waals surface area (Å²) in [5.74, 6) is 0.531. The predicted octanol–water partition coefficient (Wildman–Crippen LogP) is 1.55. The van der Waals surface area contributed by atoms with Gasteiger partial charge in [-0.1, -0.05) is 0 Å². The van der Waals surface area contributed by atoms with Crippen molar-refractivity contribution < 1.29 is 9.53 Å². The molecule has 1 fully saturated rings. The summed E-state index contributed by atoms with van der Waals surface area (Å²) in [6, 6.07) is 3.52. The van der Waals surface area contributed by atoms with E-state index >= 15 is 0 Å². The molecular formula is C13H19N3O2. The summed E-state index contributed by atoms with van der Waals surface area (Å²) in [5.41, 5.74) is 5.82. The van der Waals surface area contributed by atoms with Crippen LogP contribution in [0, 0.1) is 5.92 Å². The zero-order valence-electron chi connectivity index (χ0n) is 10.8. The number of ether oxygens (including phenoxy) is 1. The van der Waals surface area contributed by atoms with E-state index in [4.69, 9.17) is 10.5 Å². The highest BCUT2D eigenvalue weighted by Gasteiger charge is 2.44. The van der Waals surface area contributed by atoms with Crippen LogP contribution in [0.4, 0.5) is 5.69 Å². The first-order chi connectivity index (χ1) is 8.55. The zero-order valence-corrected chi connectivity index (χ0v) is 10.8. The van der Waals surface area contributed by atoms with Gasteiger partial charge in [-0.05, 0) is 44.7 Å². The molecule has 5 nitrogen and oxygen atoms in total. The fourth-order valence-corrected chi connectivity index (χ4v) is 1.86. The monoisotopic (exact) mass is 249 g/mol. The standard InChI is InChI=1S/C13H19N3O2/c1-3-18-11-10(5-4-8-15-11)16-12(17)13(2,14)9-6-7-9/h4-5,8-9H,3,6-7,14H2,1-2H3,(H,16,17). The molecule has 2 rings (SSSR count). The van der Waals surface area contributed by atoms with Gasteiger partial charge in [-0.25, -0.2) is 4.98 Å². The van der Waals surface area contributed by atoms with Gasteiger partial charge in [0.15, 0.2) is 0 Å². The molecule has 3 N–H and O–H groups in total. The highest BCUT2D eigenvalue weighted by atomic mass is 16.5. The van der Waals surface area contributed by atoms with Crippen molar-refractivity contribution in [2.24, 2.45) is 11.7 Å². The van der Waals surface area contributed by atoms with Crippen molar-refractivity contribution in [3.8, 4) is 5.88 Å². The average Bonchev–Trinajstić information content (AvgIpc) is 3.16. The van der Waals surface area contributed by atoms with Crippen molar-refractivity contribution in [1.29, 1.82) is 0 Å². The van der Waals surface area contributed by atoms with E-state index in [0.29, 0.717) is 18.2 Å². The quantitative estimate of drug-likeness (QED) is 0.830. The summed E-state index contributed by atoms with van der Waals surface area (Å²) in [4.78, 5) is 16.2. The van der Waals surface area contributed by atoms with Crippen molar-refractivity contribution in [1.82, 2.24) is 4.98 Å². The van der Waals surface area contributed by atoms with Gasteiger partial charge >= 0.3 is 0 Å². The lowest BCUT2D eigenvalue weighted by molar-refractivity contribution is -0.121. The summed E-state index contributed by atoms with van der Waals surface area (Å²) in [6.07, 6.45) is 3.67. The van der Waals surface area contributed by atoms with Crippen molar-refractivity contribution in [2.75, 3.05) is 11.9 Å². The molecule has 1 aliphatic rings. The lowest BCUT2D eigenvalue weighted by Crippen LogP contribution is -2.50. The Labute approximate surface area is 107 Å². The molecule has 98 valence electrons. The number of hydrogen-bond donors (Lipinski definition) is 2. The summed E-state index contributed by atoms with van der Waals surface area (Å²) in [7, 11) is 0. The second kappa shape index (κ2) is 4.94. The van der Waals surface area contributed by atoms with Gasteiger partial charge in [0.2, 0.25) is 11.8 Å². The molecule has 0 bridgehead atoms. The highest BCUT2D eigenvalue weighted by Crippen LogP contribution is 2.38. The zero-order chi connectivity index (χ0) is 13.2. The van der Waals surface area contributed by atoms with E-state index in [-0.39, 0.29) is 11.8 Å². The fraction of sp³-hybridized carbons (Fsp3) is 0.538. The van der Waals surface area contributed by atoms with Gasteiger partial charge in [0.05, 0.1) is 12.1 Å². The Morgan fingerprint density at radius 2 is 2.39 bits per heavy atom. The number of nitrogens with zero attached hydrogens (tertiary/aromatic N) is 1. The molecule has 1 unspecified atom stereocenters. The molecule has 1 saturated carbocycles. The second-order valence-electron chi connectivity index (χ2n) is 4.80. The third kappa shape index (κ3) is 2.61. The number of amides is 1. The summed E-state index contributed by atoms with van der Waals surface area (Å²) in [5, 5.41) is 2.81. The van der Waals surface area contributed by atoms with E-state index in [1.807, 2.05) is 6.92 Å². The first-order valence-electron chi connectivity index (χ1n) is 6.24. The van der Waals surface area contributed by atoms with Crippen LogP contribution in [0.5, 0.6) is 5.88 Å². The number of anilines is 1. The summed E-state index contributed by atoms with van der Waals surface area (Å²) < 4.78 is 5.36. The van der Waals surface area contributed by atoms with Crippen LogP contribution < -0.4 is 15.8 Å². The van der Waals surface area contributed by atoms with Gasteiger partial charge in [0.1, 0.15) is 5.69 Å². The summed E-state index contributed by atoms with van der Waals surface area (Å²) in [6.45, 7) is 4.15. The highest BCUT2D eigenvalue weighted by molar-refractivity contribution is 5.98. The molecule has 18 heavy (non-hydrogen) atoms. The van der Waals surface area contributed by atoms with Gasteiger partial charge in [-0.3, -0.25) is 4.79 Å². The number of nitrogens with two attached hydrogens (primary N) is 1. The maximum Gasteiger partial charge on any atom is 0.244 e. The van der Waals surface area contributed by atoms with E-state index < -0.39 is 5.54 Å². The SMILES string of the molecule is CCOc1ncccc1NC(=O)C(C)(N)C1CC1. The van der Waals surface area contributed by atoms with Crippen molar-refractivity contribution in [2.45, 2.75) is 32.2 Å². The van der Waals surface area contributed by atoms with E-state index in [1.54, 1.807) is 25.3 Å². The smallest absolute Gasteiger partial charge is 0.244 e. The molecule has 1 aliphatic carbocycles. The number of carbonyl (C=O) groups is 1. The number of rotatable bonds is 5. The normalized spacial score (nSPS) is 17.9. The average molecular weight is 249 g/mol. The number of pyridine rings is 1.